The molecule has 1 aromatic carbocycles. The van der Waals surface area contributed by atoms with Crippen molar-refractivity contribution in [3.8, 4) is 0 Å². The number of rotatable bonds is 3. The number of nitrogens with zero attached hydrogens (tertiary/aromatic N) is 1. The van der Waals surface area contributed by atoms with E-state index in [1.807, 2.05) is 0 Å². The Balaban J connectivity index is 2.28. The lowest BCUT2D eigenvalue weighted by Crippen LogP contribution is -2.34. The lowest BCUT2D eigenvalue weighted by atomic mass is 10.2. The number of hydrogen-bond donors (Lipinski definition) is 0. The van der Waals surface area contributed by atoms with E-state index in [1.54, 1.807) is 0 Å². The first-order chi connectivity index (χ1) is 9.92. The summed E-state index contributed by atoms with van der Waals surface area (Å²) < 4.78 is 18.7. The van der Waals surface area contributed by atoms with Gasteiger partial charge in [0.25, 0.3) is 11.1 Å². The second kappa shape index (κ2) is 6.40. The molecule has 1 aliphatic rings. The van der Waals surface area contributed by atoms with Gasteiger partial charge in [-0.05, 0) is 36.0 Å². The van der Waals surface area contributed by atoms with Crippen LogP contribution in [0.25, 0.3) is 6.08 Å². The number of amides is 2. The number of ether oxygens (including phenoxy) is 1. The van der Waals surface area contributed by atoms with Crippen LogP contribution in [-0.2, 0) is 14.3 Å². The minimum Gasteiger partial charge on any atom is -0.468 e. The van der Waals surface area contributed by atoms with Gasteiger partial charge in [-0.15, -0.1) is 0 Å². The Morgan fingerprint density at radius 1 is 1.48 bits per heavy atom. The molecule has 0 saturated carbocycles. The lowest BCUT2D eigenvalue weighted by Gasteiger charge is -2.09. The molecule has 0 atom stereocenters. The molecule has 0 bridgehead atoms. The monoisotopic (exact) mass is 373 g/mol. The SMILES string of the molecule is COC(=O)CN1C(=O)S/C(=C\c2cc(Br)ccc2F)C1=O. The molecule has 1 fully saturated rings. The van der Waals surface area contributed by atoms with Gasteiger partial charge in [-0.1, -0.05) is 15.9 Å². The molecule has 2 rings (SSSR count). The fraction of sp³-hybridized carbons (Fsp3) is 0.154. The molecule has 5 nitrogen and oxygen atoms in total. The van der Waals surface area contributed by atoms with Crippen molar-refractivity contribution in [1.29, 1.82) is 0 Å². The molecule has 1 saturated heterocycles. The molecule has 21 heavy (non-hydrogen) atoms. The maximum atomic E-state index is 13.7. The number of carbonyl (C=O) groups excluding carboxylic acids is 3. The number of hydrogen-bond acceptors (Lipinski definition) is 5. The fourth-order valence-electron chi connectivity index (χ4n) is 1.60. The van der Waals surface area contributed by atoms with Crippen LogP contribution in [0.3, 0.4) is 0 Å². The average molecular weight is 374 g/mol. The van der Waals surface area contributed by atoms with Crippen LogP contribution in [0.15, 0.2) is 27.6 Å². The molecular formula is C13H9BrFNO4S. The second-order valence-corrected chi connectivity index (χ2v) is 5.92. The third kappa shape index (κ3) is 3.51. The van der Waals surface area contributed by atoms with Crippen molar-refractivity contribution in [3.63, 3.8) is 0 Å². The maximum absolute atomic E-state index is 13.7. The second-order valence-electron chi connectivity index (χ2n) is 4.01. The van der Waals surface area contributed by atoms with E-state index >= 15 is 0 Å². The van der Waals surface area contributed by atoms with Crippen LogP contribution in [0.1, 0.15) is 5.56 Å². The molecule has 8 heteroatoms. The molecule has 0 unspecified atom stereocenters. The van der Waals surface area contributed by atoms with E-state index < -0.39 is 29.5 Å². The highest BCUT2D eigenvalue weighted by molar-refractivity contribution is 9.10. The molecular weight excluding hydrogens is 365 g/mol. The smallest absolute Gasteiger partial charge is 0.325 e. The molecule has 1 aliphatic heterocycles. The summed E-state index contributed by atoms with van der Waals surface area (Å²) in [7, 11) is 1.16. The zero-order valence-corrected chi connectivity index (χ0v) is 13.2. The Morgan fingerprint density at radius 3 is 2.86 bits per heavy atom. The highest BCUT2D eigenvalue weighted by Crippen LogP contribution is 2.32. The third-order valence-corrected chi connectivity index (χ3v) is 4.03. The van der Waals surface area contributed by atoms with Crippen molar-refractivity contribution in [3.05, 3.63) is 39.0 Å². The van der Waals surface area contributed by atoms with Crippen molar-refractivity contribution in [2.75, 3.05) is 13.7 Å². The minimum absolute atomic E-state index is 0.0564. The standard InChI is InChI=1S/C13H9BrFNO4S/c1-20-11(17)6-16-12(18)10(21-13(16)19)5-7-4-8(14)2-3-9(7)15/h2-5H,6H2,1H3/b10-5-. The largest absolute Gasteiger partial charge is 0.468 e. The summed E-state index contributed by atoms with van der Waals surface area (Å²) in [6.07, 6.45) is 1.28. The average Bonchev–Trinajstić information content (AvgIpc) is 2.70. The summed E-state index contributed by atoms with van der Waals surface area (Å²) in [6.45, 7) is -0.459. The number of benzene rings is 1. The topological polar surface area (TPSA) is 63.7 Å². The van der Waals surface area contributed by atoms with E-state index in [0.717, 1.165) is 12.0 Å². The van der Waals surface area contributed by atoms with Crippen LogP contribution in [0.5, 0.6) is 0 Å². The first-order valence-corrected chi connectivity index (χ1v) is 7.30. The van der Waals surface area contributed by atoms with Gasteiger partial charge in [0, 0.05) is 10.0 Å². The van der Waals surface area contributed by atoms with Crippen LogP contribution in [0.2, 0.25) is 0 Å². The summed E-state index contributed by atoms with van der Waals surface area (Å²) in [5.41, 5.74) is 0.174. The zero-order chi connectivity index (χ0) is 15.6. The van der Waals surface area contributed by atoms with Gasteiger partial charge in [-0.3, -0.25) is 19.3 Å². The molecule has 0 N–H and O–H groups in total. The Bertz CT molecular complexity index is 662. The van der Waals surface area contributed by atoms with Gasteiger partial charge >= 0.3 is 5.97 Å². The first-order valence-electron chi connectivity index (χ1n) is 5.69. The zero-order valence-electron chi connectivity index (χ0n) is 10.8. The fourth-order valence-corrected chi connectivity index (χ4v) is 2.80. The predicted molar refractivity (Wildman–Crippen MR) is 78.8 cm³/mol. The highest BCUT2D eigenvalue weighted by atomic mass is 79.9. The van der Waals surface area contributed by atoms with Gasteiger partial charge in [0.2, 0.25) is 0 Å². The van der Waals surface area contributed by atoms with Crippen molar-refractivity contribution < 1.29 is 23.5 Å². The first kappa shape index (κ1) is 15.7. The number of imide groups is 1. The molecule has 110 valence electrons. The summed E-state index contributed by atoms with van der Waals surface area (Å²) in [5.74, 6) is -1.86. The van der Waals surface area contributed by atoms with E-state index in [2.05, 4.69) is 20.7 Å². The number of esters is 1. The molecule has 1 heterocycles. The van der Waals surface area contributed by atoms with Gasteiger partial charge in [-0.25, -0.2) is 4.39 Å². The Kier molecular flexibility index (Phi) is 4.79. The third-order valence-electron chi connectivity index (χ3n) is 2.63. The summed E-state index contributed by atoms with van der Waals surface area (Å²) >= 11 is 3.85. The number of halogens is 2. The molecule has 2 amide bonds. The van der Waals surface area contributed by atoms with E-state index in [9.17, 15) is 18.8 Å². The van der Waals surface area contributed by atoms with Crippen molar-refractivity contribution >= 4 is 50.9 Å². The Morgan fingerprint density at radius 2 is 2.19 bits per heavy atom. The minimum atomic E-state index is -0.702. The molecule has 0 spiro atoms. The van der Waals surface area contributed by atoms with Crippen LogP contribution >= 0.6 is 27.7 Å². The quantitative estimate of drug-likeness (QED) is 0.602. The molecule has 0 aliphatic carbocycles. The van der Waals surface area contributed by atoms with Gasteiger partial charge in [-0.2, -0.15) is 0 Å². The van der Waals surface area contributed by atoms with Gasteiger partial charge in [0.15, 0.2) is 0 Å². The van der Waals surface area contributed by atoms with Crippen LogP contribution in [0.4, 0.5) is 9.18 Å². The lowest BCUT2D eigenvalue weighted by molar-refractivity contribution is -0.143. The highest BCUT2D eigenvalue weighted by Gasteiger charge is 2.36. The maximum Gasteiger partial charge on any atom is 0.325 e. The van der Waals surface area contributed by atoms with Crippen LogP contribution < -0.4 is 0 Å². The number of carbonyl (C=O) groups is 3. The Hall–Kier alpha value is -1.67. The van der Waals surface area contributed by atoms with Crippen molar-refractivity contribution in [2.45, 2.75) is 0 Å². The van der Waals surface area contributed by atoms with E-state index in [4.69, 9.17) is 0 Å². The van der Waals surface area contributed by atoms with Gasteiger partial charge in [0.05, 0.1) is 12.0 Å². The number of methoxy groups -OCH3 is 1. The normalized spacial score (nSPS) is 16.7. The van der Waals surface area contributed by atoms with Crippen LogP contribution in [0, 0.1) is 5.82 Å². The van der Waals surface area contributed by atoms with E-state index in [1.165, 1.54) is 24.3 Å². The van der Waals surface area contributed by atoms with Gasteiger partial charge in [0.1, 0.15) is 12.4 Å². The summed E-state index contributed by atoms with van der Waals surface area (Å²) in [4.78, 5) is 35.7. The summed E-state index contributed by atoms with van der Waals surface area (Å²) in [6, 6.07) is 4.26. The van der Waals surface area contributed by atoms with E-state index in [-0.39, 0.29) is 10.5 Å². The van der Waals surface area contributed by atoms with Crippen LogP contribution in [-0.4, -0.2) is 35.7 Å². The molecule has 0 radical (unpaired) electrons. The van der Waals surface area contributed by atoms with Gasteiger partial charge < -0.3 is 4.74 Å². The van der Waals surface area contributed by atoms with Crippen molar-refractivity contribution in [2.24, 2.45) is 0 Å². The molecule has 0 aromatic heterocycles. The predicted octanol–water partition coefficient (Wildman–Crippen LogP) is 2.80. The van der Waals surface area contributed by atoms with E-state index in [0.29, 0.717) is 16.2 Å². The van der Waals surface area contributed by atoms with Crippen molar-refractivity contribution in [1.82, 2.24) is 4.90 Å². The number of thioether (sulfide) groups is 1. The molecule has 1 aromatic rings. The Labute approximate surface area is 132 Å². The summed E-state index contributed by atoms with van der Waals surface area (Å²) in [5, 5.41) is -0.591.